The van der Waals surface area contributed by atoms with E-state index in [0.29, 0.717) is 5.56 Å². The van der Waals surface area contributed by atoms with Gasteiger partial charge in [-0.2, -0.15) is 0 Å². The Labute approximate surface area is 102 Å². The maximum Gasteiger partial charge on any atom is 1.00 e. The second-order valence-corrected chi connectivity index (χ2v) is 2.85. The zero-order valence-corrected chi connectivity index (χ0v) is 9.20. The van der Waals surface area contributed by atoms with E-state index in [-0.39, 0.29) is 33.0 Å². The summed E-state index contributed by atoms with van der Waals surface area (Å²) in [6, 6.07) is 6.11. The molecule has 1 aromatic carbocycles. The smallest absolute Gasteiger partial charge is 0.773 e. The van der Waals surface area contributed by atoms with E-state index in [1.807, 2.05) is 0 Å². The fourth-order valence-corrected chi connectivity index (χ4v) is 0.920. The van der Waals surface area contributed by atoms with Crippen LogP contribution in [0.25, 0.3) is 6.08 Å². The van der Waals surface area contributed by atoms with Crippen molar-refractivity contribution in [1.82, 2.24) is 0 Å². The largest absolute Gasteiger partial charge is 1.00 e. The first-order chi connectivity index (χ1) is 6.09. The molecule has 0 aliphatic rings. The number of benzene rings is 1. The molecule has 5 heteroatoms. The molecule has 0 atom stereocenters. The van der Waals surface area contributed by atoms with Crippen molar-refractivity contribution in [3.05, 3.63) is 34.7 Å². The van der Waals surface area contributed by atoms with Gasteiger partial charge in [0.25, 0.3) is 0 Å². The number of phenolic OH excluding ortho intramolecular Hbond substituents is 1. The zero-order chi connectivity index (χ0) is 9.84. The van der Waals surface area contributed by atoms with Crippen molar-refractivity contribution in [3.63, 3.8) is 0 Å². The molecular formula is C9H7AgO3S. The number of carboxylic acids is 1. The van der Waals surface area contributed by atoms with Gasteiger partial charge in [0.05, 0.1) is 0 Å². The second-order valence-electron chi connectivity index (χ2n) is 2.41. The van der Waals surface area contributed by atoms with Crippen molar-refractivity contribution >= 4 is 24.7 Å². The van der Waals surface area contributed by atoms with Crippen molar-refractivity contribution in [2.75, 3.05) is 0 Å². The molecule has 0 amide bonds. The van der Waals surface area contributed by atoms with Gasteiger partial charge in [-0.25, -0.2) is 4.79 Å². The summed E-state index contributed by atoms with van der Waals surface area (Å²) in [5.41, 5.74) is 0.658. The number of hydrogen-bond acceptors (Lipinski definition) is 3. The van der Waals surface area contributed by atoms with Crippen LogP contribution in [0.5, 0.6) is 5.75 Å². The first kappa shape index (κ1) is 13.2. The summed E-state index contributed by atoms with van der Waals surface area (Å²) < 4.78 is 0. The molecule has 0 saturated carbocycles. The van der Waals surface area contributed by atoms with E-state index >= 15 is 0 Å². The average Bonchev–Trinajstić information content (AvgIpc) is 2.08. The van der Waals surface area contributed by atoms with E-state index in [9.17, 15) is 4.79 Å². The van der Waals surface area contributed by atoms with Crippen LogP contribution < -0.4 is 0 Å². The fourth-order valence-electron chi connectivity index (χ4n) is 0.784. The molecule has 78 valence electrons. The minimum atomic E-state index is -1.12. The predicted molar refractivity (Wildman–Crippen MR) is 51.1 cm³/mol. The molecule has 0 fully saturated rings. The Balaban J connectivity index is 0.00000169. The predicted octanol–water partition coefficient (Wildman–Crippen LogP) is 1.36. The Bertz CT molecular complexity index is 346. The van der Waals surface area contributed by atoms with Gasteiger partial charge < -0.3 is 22.8 Å². The van der Waals surface area contributed by atoms with Gasteiger partial charge >= 0.3 is 28.3 Å². The molecular weight excluding hydrogens is 296 g/mol. The Hall–Kier alpha value is -0.810. The monoisotopic (exact) mass is 302 g/mol. The molecule has 3 nitrogen and oxygen atoms in total. The number of aliphatic carboxylic acids is 1. The van der Waals surface area contributed by atoms with Crippen molar-refractivity contribution in [3.8, 4) is 5.75 Å². The van der Waals surface area contributed by atoms with Gasteiger partial charge in [0.15, 0.2) is 0 Å². The van der Waals surface area contributed by atoms with Crippen molar-refractivity contribution in [2.45, 2.75) is 0 Å². The SMILES string of the molecule is O=C(O)/C([S-])=C/c1ccc(O)cc1.[Ag+]. The molecule has 2 N–H and O–H groups in total. The molecule has 1 aromatic rings. The third-order valence-corrected chi connectivity index (χ3v) is 1.69. The molecule has 0 aromatic heterocycles. The Morgan fingerprint density at radius 2 is 1.79 bits per heavy atom. The first-order valence-electron chi connectivity index (χ1n) is 3.50. The Morgan fingerprint density at radius 3 is 2.21 bits per heavy atom. The summed E-state index contributed by atoms with van der Waals surface area (Å²) in [6.45, 7) is 0. The van der Waals surface area contributed by atoms with E-state index < -0.39 is 5.97 Å². The van der Waals surface area contributed by atoms with Gasteiger partial charge in [0.1, 0.15) is 5.75 Å². The van der Waals surface area contributed by atoms with Crippen LogP contribution in [0, 0.1) is 0 Å². The maximum absolute atomic E-state index is 10.3. The van der Waals surface area contributed by atoms with E-state index in [1.165, 1.54) is 18.2 Å². The normalized spacial score (nSPS) is 10.4. The van der Waals surface area contributed by atoms with Crippen molar-refractivity contribution < 1.29 is 37.4 Å². The standard InChI is InChI=1S/C9H8O3S.Ag/c10-7-3-1-6(2-4-7)5-8(13)9(11)12;/h1-5,10,13H,(H,11,12);/q;+1/p-1/b8-5-;. The average molecular weight is 303 g/mol. The number of carboxylic acid groups (broad SMARTS) is 1. The van der Waals surface area contributed by atoms with Crippen LogP contribution in [-0.4, -0.2) is 16.2 Å². The van der Waals surface area contributed by atoms with E-state index in [1.54, 1.807) is 12.1 Å². The number of hydrogen-bond donors (Lipinski definition) is 2. The zero-order valence-electron chi connectivity index (χ0n) is 6.90. The van der Waals surface area contributed by atoms with Gasteiger partial charge in [-0.3, -0.25) is 0 Å². The van der Waals surface area contributed by atoms with E-state index in [2.05, 4.69) is 12.6 Å². The number of rotatable bonds is 2. The summed E-state index contributed by atoms with van der Waals surface area (Å²) in [6.07, 6.45) is 1.36. The molecule has 1 rings (SSSR count). The van der Waals surface area contributed by atoms with Crippen LogP contribution in [-0.2, 0) is 39.8 Å². The Kier molecular flexibility index (Phi) is 5.49. The third kappa shape index (κ3) is 3.93. The van der Waals surface area contributed by atoms with Crippen LogP contribution in [0.3, 0.4) is 0 Å². The first-order valence-corrected chi connectivity index (χ1v) is 3.91. The Morgan fingerprint density at radius 1 is 1.29 bits per heavy atom. The summed E-state index contributed by atoms with van der Waals surface area (Å²) in [4.78, 5) is 10.2. The summed E-state index contributed by atoms with van der Waals surface area (Å²) in [5, 5.41) is 17.4. The van der Waals surface area contributed by atoms with Crippen LogP contribution >= 0.6 is 0 Å². The van der Waals surface area contributed by atoms with Gasteiger partial charge in [-0.05, 0) is 17.7 Å². The van der Waals surface area contributed by atoms with Gasteiger partial charge in [-0.1, -0.05) is 23.1 Å². The van der Waals surface area contributed by atoms with Crippen molar-refractivity contribution in [2.24, 2.45) is 0 Å². The quantitative estimate of drug-likeness (QED) is 0.492. The van der Waals surface area contributed by atoms with Gasteiger partial charge in [-0.15, -0.1) is 0 Å². The second kappa shape index (κ2) is 5.82. The minimum absolute atomic E-state index is 0. The molecule has 0 unspecified atom stereocenters. The summed E-state index contributed by atoms with van der Waals surface area (Å²) >= 11 is 4.58. The topological polar surface area (TPSA) is 57.5 Å². The van der Waals surface area contributed by atoms with Crippen molar-refractivity contribution in [1.29, 1.82) is 0 Å². The molecule has 0 radical (unpaired) electrons. The van der Waals surface area contributed by atoms with Crippen LogP contribution in [0.2, 0.25) is 0 Å². The number of carbonyl (C=O) groups is 1. The molecule has 0 saturated heterocycles. The third-order valence-electron chi connectivity index (χ3n) is 1.40. The van der Waals surface area contributed by atoms with Crippen LogP contribution in [0.1, 0.15) is 5.56 Å². The summed E-state index contributed by atoms with van der Waals surface area (Å²) in [7, 11) is 0. The van der Waals surface area contributed by atoms with E-state index in [0.717, 1.165) is 0 Å². The molecule has 0 aliphatic heterocycles. The van der Waals surface area contributed by atoms with Gasteiger partial charge in [0.2, 0.25) is 0 Å². The minimum Gasteiger partial charge on any atom is -0.773 e. The van der Waals surface area contributed by atoms with Crippen LogP contribution in [0.4, 0.5) is 0 Å². The number of phenols is 1. The molecule has 14 heavy (non-hydrogen) atoms. The van der Waals surface area contributed by atoms with Gasteiger partial charge in [0, 0.05) is 0 Å². The van der Waals surface area contributed by atoms with E-state index in [4.69, 9.17) is 10.2 Å². The van der Waals surface area contributed by atoms with Crippen LogP contribution in [0.15, 0.2) is 29.2 Å². The fraction of sp³-hybridized carbons (Fsp3) is 0. The molecule has 0 spiro atoms. The molecule has 0 heterocycles. The summed E-state index contributed by atoms with van der Waals surface area (Å²) in [5.74, 6) is -0.985. The molecule has 0 bridgehead atoms. The number of aromatic hydroxyl groups is 1. The maximum atomic E-state index is 10.3. The molecule has 0 aliphatic carbocycles.